The molecule has 8 heteroatoms. The topological polar surface area (TPSA) is 102 Å². The second kappa shape index (κ2) is 7.84. The summed E-state index contributed by atoms with van der Waals surface area (Å²) in [5, 5.41) is 0. The predicted molar refractivity (Wildman–Crippen MR) is 81.4 cm³/mol. The molecule has 0 saturated carbocycles. The van der Waals surface area contributed by atoms with Crippen molar-refractivity contribution in [3.63, 3.8) is 0 Å². The molecule has 118 valence electrons. The number of nitrogens with one attached hydrogen (secondary N) is 1. The lowest BCUT2D eigenvalue weighted by Gasteiger charge is -2.15. The lowest BCUT2D eigenvalue weighted by atomic mass is 10.3. The molecular weight excluding hydrogens is 294 g/mol. The summed E-state index contributed by atoms with van der Waals surface area (Å²) >= 11 is 0. The highest BCUT2D eigenvalue weighted by molar-refractivity contribution is 7.89. The lowest BCUT2D eigenvalue weighted by molar-refractivity contribution is -0.128. The Balaban J connectivity index is 2.36. The molecule has 1 rings (SSSR count). The van der Waals surface area contributed by atoms with Crippen LogP contribution in [0.1, 0.15) is 6.92 Å². The summed E-state index contributed by atoms with van der Waals surface area (Å²) in [6, 6.07) is 6.66. The zero-order valence-electron chi connectivity index (χ0n) is 12.2. The van der Waals surface area contributed by atoms with Crippen LogP contribution in [-0.4, -0.2) is 51.7 Å². The fourth-order valence-electron chi connectivity index (χ4n) is 1.39. The normalized spacial score (nSPS) is 11.1. The van der Waals surface area contributed by atoms with Crippen LogP contribution in [0.4, 0.5) is 5.69 Å². The summed E-state index contributed by atoms with van der Waals surface area (Å²) in [4.78, 5) is 12.9. The molecule has 0 heterocycles. The summed E-state index contributed by atoms with van der Waals surface area (Å²) in [6.45, 7) is 2.10. The molecule has 1 amide bonds. The summed E-state index contributed by atoms with van der Waals surface area (Å²) < 4.78 is 31.0. The predicted octanol–water partition coefficient (Wildman–Crippen LogP) is 0.0453. The second-order valence-corrected chi connectivity index (χ2v) is 6.39. The molecule has 21 heavy (non-hydrogen) atoms. The quantitative estimate of drug-likeness (QED) is 0.660. The molecule has 7 nitrogen and oxygen atoms in total. The molecule has 0 aromatic heterocycles. The molecule has 0 aliphatic rings. The van der Waals surface area contributed by atoms with E-state index in [1.807, 2.05) is 6.92 Å². The van der Waals surface area contributed by atoms with E-state index in [-0.39, 0.29) is 24.8 Å². The first kappa shape index (κ1) is 17.3. The number of ether oxygens (including phenoxy) is 1. The van der Waals surface area contributed by atoms with E-state index >= 15 is 0 Å². The number of hydrogen-bond donors (Lipinski definition) is 2. The van der Waals surface area contributed by atoms with Crippen LogP contribution in [0.25, 0.3) is 0 Å². The van der Waals surface area contributed by atoms with Crippen molar-refractivity contribution >= 4 is 21.6 Å². The standard InChI is InChI=1S/C13H21N3O4S/c1-3-16(2)13(17)10-15-21(18,19)9-8-20-12-6-4-11(14)5-7-12/h4-7,15H,3,8-10,14H2,1-2H3. The minimum absolute atomic E-state index is 0.00292. The van der Waals surface area contributed by atoms with Gasteiger partial charge in [0, 0.05) is 19.3 Å². The molecule has 1 aromatic rings. The maximum Gasteiger partial charge on any atom is 0.237 e. The number of rotatable bonds is 8. The van der Waals surface area contributed by atoms with Crippen molar-refractivity contribution in [2.45, 2.75) is 6.92 Å². The number of benzene rings is 1. The number of sulfonamides is 1. The number of nitrogens with zero attached hydrogens (tertiary/aromatic N) is 1. The molecule has 0 atom stereocenters. The van der Waals surface area contributed by atoms with Crippen LogP contribution in [-0.2, 0) is 14.8 Å². The monoisotopic (exact) mass is 315 g/mol. The van der Waals surface area contributed by atoms with E-state index in [4.69, 9.17) is 10.5 Å². The number of carbonyl (C=O) groups excluding carboxylic acids is 1. The van der Waals surface area contributed by atoms with Gasteiger partial charge in [-0.25, -0.2) is 13.1 Å². The van der Waals surface area contributed by atoms with Crippen molar-refractivity contribution in [2.24, 2.45) is 0 Å². The Morgan fingerprint density at radius 3 is 2.52 bits per heavy atom. The lowest BCUT2D eigenvalue weighted by Crippen LogP contribution is -2.39. The number of carbonyl (C=O) groups is 1. The third kappa shape index (κ3) is 6.46. The van der Waals surface area contributed by atoms with Gasteiger partial charge in [0.15, 0.2) is 0 Å². The average molecular weight is 315 g/mol. The number of nitrogens with two attached hydrogens (primary N) is 1. The van der Waals surface area contributed by atoms with Crippen LogP contribution in [0.5, 0.6) is 5.75 Å². The van der Waals surface area contributed by atoms with Crippen molar-refractivity contribution in [1.82, 2.24) is 9.62 Å². The Bertz CT molecular complexity index is 557. The highest BCUT2D eigenvalue weighted by atomic mass is 32.2. The van der Waals surface area contributed by atoms with Crippen LogP contribution >= 0.6 is 0 Å². The minimum Gasteiger partial charge on any atom is -0.492 e. The summed E-state index contributed by atoms with van der Waals surface area (Å²) in [5.41, 5.74) is 6.14. The van der Waals surface area contributed by atoms with Crippen LogP contribution in [0.3, 0.4) is 0 Å². The van der Waals surface area contributed by atoms with Gasteiger partial charge in [0.2, 0.25) is 15.9 Å². The number of hydrogen-bond acceptors (Lipinski definition) is 5. The van der Waals surface area contributed by atoms with Gasteiger partial charge in [-0.15, -0.1) is 0 Å². The third-order valence-corrected chi connectivity index (χ3v) is 4.13. The van der Waals surface area contributed by atoms with E-state index in [1.54, 1.807) is 31.3 Å². The smallest absolute Gasteiger partial charge is 0.237 e. The molecule has 3 N–H and O–H groups in total. The Labute approximate surface area is 125 Å². The summed E-state index contributed by atoms with van der Waals surface area (Å²) in [6.07, 6.45) is 0. The van der Waals surface area contributed by atoms with Crippen LogP contribution in [0.2, 0.25) is 0 Å². The van der Waals surface area contributed by atoms with Gasteiger partial charge >= 0.3 is 0 Å². The van der Waals surface area contributed by atoms with Crippen LogP contribution in [0.15, 0.2) is 24.3 Å². The molecule has 0 fully saturated rings. The molecule has 0 aliphatic heterocycles. The second-order valence-electron chi connectivity index (χ2n) is 4.47. The Morgan fingerprint density at radius 2 is 1.95 bits per heavy atom. The van der Waals surface area contributed by atoms with Crippen molar-refractivity contribution in [1.29, 1.82) is 0 Å². The van der Waals surface area contributed by atoms with E-state index in [0.29, 0.717) is 18.0 Å². The highest BCUT2D eigenvalue weighted by Gasteiger charge is 2.14. The SMILES string of the molecule is CCN(C)C(=O)CNS(=O)(=O)CCOc1ccc(N)cc1. The molecule has 0 bridgehead atoms. The molecule has 0 unspecified atom stereocenters. The van der Waals surface area contributed by atoms with Gasteiger partial charge < -0.3 is 15.4 Å². The molecule has 0 radical (unpaired) electrons. The molecule has 0 saturated heterocycles. The van der Waals surface area contributed by atoms with E-state index in [0.717, 1.165) is 0 Å². The highest BCUT2D eigenvalue weighted by Crippen LogP contribution is 2.12. The van der Waals surface area contributed by atoms with Crippen molar-refractivity contribution in [3.8, 4) is 5.75 Å². The molecular formula is C13H21N3O4S. The Hall–Kier alpha value is -1.80. The maximum absolute atomic E-state index is 11.7. The summed E-state index contributed by atoms with van der Waals surface area (Å²) in [7, 11) is -1.93. The first-order valence-corrected chi connectivity index (χ1v) is 8.19. The van der Waals surface area contributed by atoms with Gasteiger partial charge in [-0.05, 0) is 31.2 Å². The maximum atomic E-state index is 11.7. The zero-order chi connectivity index (χ0) is 15.9. The van der Waals surface area contributed by atoms with Gasteiger partial charge in [0.25, 0.3) is 0 Å². The van der Waals surface area contributed by atoms with Gasteiger partial charge in [-0.1, -0.05) is 0 Å². The molecule has 1 aromatic carbocycles. The minimum atomic E-state index is -3.54. The first-order valence-electron chi connectivity index (χ1n) is 6.53. The number of nitrogen functional groups attached to an aromatic ring is 1. The largest absolute Gasteiger partial charge is 0.492 e. The molecule has 0 spiro atoms. The van der Waals surface area contributed by atoms with Gasteiger partial charge in [0.05, 0.1) is 12.3 Å². The van der Waals surface area contributed by atoms with E-state index in [1.165, 1.54) is 4.90 Å². The van der Waals surface area contributed by atoms with E-state index in [2.05, 4.69) is 4.72 Å². The van der Waals surface area contributed by atoms with Crippen LogP contribution in [0, 0.1) is 0 Å². The zero-order valence-corrected chi connectivity index (χ0v) is 13.0. The summed E-state index contributed by atoms with van der Waals surface area (Å²) in [5.74, 6) is 0.0438. The van der Waals surface area contributed by atoms with E-state index < -0.39 is 10.0 Å². The third-order valence-electron chi connectivity index (χ3n) is 2.84. The fourth-order valence-corrected chi connectivity index (χ4v) is 2.18. The number of anilines is 1. The van der Waals surface area contributed by atoms with Gasteiger partial charge in [-0.3, -0.25) is 4.79 Å². The van der Waals surface area contributed by atoms with Crippen LogP contribution < -0.4 is 15.2 Å². The van der Waals surface area contributed by atoms with Gasteiger partial charge in [-0.2, -0.15) is 0 Å². The van der Waals surface area contributed by atoms with Gasteiger partial charge in [0.1, 0.15) is 12.4 Å². The van der Waals surface area contributed by atoms with Crippen molar-refractivity contribution in [3.05, 3.63) is 24.3 Å². The fraction of sp³-hybridized carbons (Fsp3) is 0.462. The van der Waals surface area contributed by atoms with E-state index in [9.17, 15) is 13.2 Å². The molecule has 0 aliphatic carbocycles. The first-order chi connectivity index (χ1) is 9.84. The Morgan fingerprint density at radius 1 is 1.33 bits per heavy atom. The Kier molecular flexibility index (Phi) is 6.44. The average Bonchev–Trinajstić information content (AvgIpc) is 2.46. The number of amides is 1. The van der Waals surface area contributed by atoms with Crippen molar-refractivity contribution < 1.29 is 17.9 Å². The number of likely N-dealkylation sites (N-methyl/N-ethyl adjacent to an activating group) is 1. The van der Waals surface area contributed by atoms with Crippen molar-refractivity contribution in [2.75, 3.05) is 38.2 Å².